The van der Waals surface area contributed by atoms with Gasteiger partial charge in [0.1, 0.15) is 23.0 Å². The first kappa shape index (κ1) is 38.2. The maximum Gasteiger partial charge on any atom is 0.329 e. The molecule has 0 aliphatic carbocycles. The van der Waals surface area contributed by atoms with Gasteiger partial charge in [0, 0.05) is 23.5 Å². The average molecular weight is 709 g/mol. The zero-order valence-corrected chi connectivity index (χ0v) is 31.7. The Hall–Kier alpha value is -5.05. The number of fused-ring (bicyclic) bond motifs is 1. The van der Waals surface area contributed by atoms with E-state index in [4.69, 9.17) is 28.7 Å². The molecule has 3 aromatic carbocycles. The smallest absolute Gasteiger partial charge is 0.329 e. The number of benzene rings is 3. The van der Waals surface area contributed by atoms with Crippen LogP contribution in [0, 0.1) is 5.41 Å². The molecule has 276 valence electrons. The number of carbonyl (C=O) groups is 2. The lowest BCUT2D eigenvalue weighted by Crippen LogP contribution is -2.49. The zero-order valence-electron chi connectivity index (χ0n) is 31.7. The van der Waals surface area contributed by atoms with E-state index in [-0.39, 0.29) is 18.3 Å². The van der Waals surface area contributed by atoms with Gasteiger partial charge in [0.25, 0.3) is 0 Å². The molecule has 0 radical (unpaired) electrons. The summed E-state index contributed by atoms with van der Waals surface area (Å²) in [7, 11) is 0. The molecule has 2 heterocycles. The van der Waals surface area contributed by atoms with E-state index in [1.54, 1.807) is 0 Å². The topological polar surface area (TPSA) is 105 Å². The van der Waals surface area contributed by atoms with Gasteiger partial charge in [-0.3, -0.25) is 4.79 Å². The lowest BCUT2D eigenvalue weighted by atomic mass is 9.85. The summed E-state index contributed by atoms with van der Waals surface area (Å²) in [6, 6.07) is 26.6. The van der Waals surface area contributed by atoms with Crippen molar-refractivity contribution in [2.24, 2.45) is 5.41 Å². The van der Waals surface area contributed by atoms with Crippen molar-refractivity contribution in [1.82, 2.24) is 10.3 Å². The average Bonchev–Trinajstić information content (AvgIpc) is 3.56. The molecule has 1 unspecified atom stereocenters. The molecule has 1 aromatic heterocycles. The minimum atomic E-state index is -0.842. The van der Waals surface area contributed by atoms with Crippen molar-refractivity contribution < 1.29 is 33.3 Å². The van der Waals surface area contributed by atoms with Crippen molar-refractivity contribution in [3.05, 3.63) is 90.5 Å². The largest absolute Gasteiger partial charge is 0.488 e. The summed E-state index contributed by atoms with van der Waals surface area (Å²) >= 11 is 0. The lowest BCUT2D eigenvalue weighted by molar-refractivity contribution is -0.159. The molecule has 1 atom stereocenters. The molecule has 4 aromatic rings. The minimum Gasteiger partial charge on any atom is -0.488 e. The normalized spacial score (nSPS) is 13.3. The van der Waals surface area contributed by atoms with Gasteiger partial charge in [0.15, 0.2) is 11.5 Å². The number of aromatic nitrogens is 1. The third-order valence-electron chi connectivity index (χ3n) is 8.42. The fourth-order valence-electron chi connectivity index (χ4n) is 5.74. The molecular formula is C43H52N2O7. The molecular weight excluding hydrogens is 656 g/mol. The van der Waals surface area contributed by atoms with Gasteiger partial charge < -0.3 is 29.0 Å². The monoisotopic (exact) mass is 708 g/mol. The first-order valence-corrected chi connectivity index (χ1v) is 18.0. The summed E-state index contributed by atoms with van der Waals surface area (Å²) in [4.78, 5) is 31.8. The van der Waals surface area contributed by atoms with Crippen molar-refractivity contribution in [2.75, 3.05) is 13.4 Å². The highest BCUT2D eigenvalue weighted by atomic mass is 16.7. The fraction of sp³-hybridized carbons (Fsp3) is 0.419. The van der Waals surface area contributed by atoms with E-state index in [0.717, 1.165) is 45.9 Å². The van der Waals surface area contributed by atoms with Crippen LogP contribution in [-0.4, -0.2) is 47.5 Å². The minimum absolute atomic E-state index is 0.206. The van der Waals surface area contributed by atoms with Gasteiger partial charge in [-0.05, 0) is 108 Å². The zero-order chi connectivity index (χ0) is 37.5. The molecule has 5 rings (SSSR count). The summed E-state index contributed by atoms with van der Waals surface area (Å²) in [6.07, 6.45) is 2.34. The summed E-state index contributed by atoms with van der Waals surface area (Å²) < 4.78 is 29.0. The Bertz CT molecular complexity index is 1820. The first-order valence-electron chi connectivity index (χ1n) is 18.0. The molecule has 0 saturated heterocycles. The molecule has 1 aliphatic heterocycles. The third-order valence-corrected chi connectivity index (χ3v) is 8.42. The molecule has 1 N–H and O–H groups in total. The fourth-order valence-corrected chi connectivity index (χ4v) is 5.74. The number of ether oxygens (including phenoxy) is 5. The molecule has 0 bridgehead atoms. The van der Waals surface area contributed by atoms with Crippen molar-refractivity contribution >= 4 is 11.9 Å². The first-order chi connectivity index (χ1) is 24.5. The highest BCUT2D eigenvalue weighted by Gasteiger charge is 2.33. The second-order valence-corrected chi connectivity index (χ2v) is 15.8. The van der Waals surface area contributed by atoms with Gasteiger partial charge in [-0.15, -0.1) is 0 Å². The summed E-state index contributed by atoms with van der Waals surface area (Å²) in [5.74, 6) is 2.02. The molecule has 0 fully saturated rings. The molecule has 1 aliphatic rings. The molecule has 0 spiro atoms. The predicted molar refractivity (Wildman–Crippen MR) is 203 cm³/mol. The number of rotatable bonds is 14. The van der Waals surface area contributed by atoms with Crippen LogP contribution in [0.3, 0.4) is 0 Å². The van der Waals surface area contributed by atoms with Crippen molar-refractivity contribution in [3.63, 3.8) is 0 Å². The van der Waals surface area contributed by atoms with Crippen LogP contribution < -0.4 is 24.3 Å². The molecule has 9 heteroatoms. The van der Waals surface area contributed by atoms with Crippen LogP contribution in [0.1, 0.15) is 80.2 Å². The Morgan fingerprint density at radius 2 is 1.48 bits per heavy atom. The van der Waals surface area contributed by atoms with E-state index in [0.29, 0.717) is 37.5 Å². The SMILES string of the molecule is CC(C)(C)OC(=O)C(Cc1ccc(OC(C)(C)C)cc1)NC(=O)C(C)(C)CCCCOc1cc(-c2ccc3c(c2)OCO3)cc(-c2ccccc2)n1. The molecule has 1 amide bonds. The van der Waals surface area contributed by atoms with Gasteiger partial charge >= 0.3 is 5.97 Å². The van der Waals surface area contributed by atoms with Gasteiger partial charge in [0.2, 0.25) is 18.6 Å². The highest BCUT2D eigenvalue weighted by Crippen LogP contribution is 2.37. The maximum absolute atomic E-state index is 13.6. The Kier molecular flexibility index (Phi) is 11.8. The summed E-state index contributed by atoms with van der Waals surface area (Å²) in [5.41, 5.74) is 2.85. The van der Waals surface area contributed by atoms with Crippen molar-refractivity contribution in [1.29, 1.82) is 0 Å². The number of hydrogen-bond acceptors (Lipinski definition) is 8. The Morgan fingerprint density at radius 1 is 0.769 bits per heavy atom. The third kappa shape index (κ3) is 11.0. The second-order valence-electron chi connectivity index (χ2n) is 15.8. The van der Waals surface area contributed by atoms with Crippen LogP contribution in [0.15, 0.2) is 84.9 Å². The quantitative estimate of drug-likeness (QED) is 0.102. The van der Waals surface area contributed by atoms with Crippen LogP contribution >= 0.6 is 0 Å². The molecule has 52 heavy (non-hydrogen) atoms. The Balaban J connectivity index is 1.20. The molecule has 0 saturated carbocycles. The lowest BCUT2D eigenvalue weighted by Gasteiger charge is -2.29. The molecule has 9 nitrogen and oxygen atoms in total. The van der Waals surface area contributed by atoms with E-state index < -0.39 is 23.0 Å². The van der Waals surface area contributed by atoms with Crippen molar-refractivity contribution in [3.8, 4) is 45.5 Å². The number of carbonyl (C=O) groups excluding carboxylic acids is 2. The number of esters is 1. The Labute approximate surface area is 308 Å². The van der Waals surface area contributed by atoms with Crippen LogP contribution in [0.2, 0.25) is 0 Å². The standard InChI is InChI=1S/C43H52N2O7/c1-41(2,3)51-33-19-16-29(17-20-33)24-35(39(46)52-42(4,5)6)45-40(47)43(7,8)22-12-13-23-48-38-27-32(25-34(44-38)30-14-10-9-11-15-30)31-18-21-36-37(26-31)50-28-49-36/h9-11,14-21,25-27,35H,12-13,22-24,28H2,1-8H3,(H,45,47). The van der Waals surface area contributed by atoms with E-state index in [9.17, 15) is 9.59 Å². The summed E-state index contributed by atoms with van der Waals surface area (Å²) in [6.45, 7) is 15.9. The van der Waals surface area contributed by atoms with Crippen LogP contribution in [0.4, 0.5) is 0 Å². The van der Waals surface area contributed by atoms with Gasteiger partial charge in [-0.25, -0.2) is 9.78 Å². The van der Waals surface area contributed by atoms with E-state index in [1.165, 1.54) is 0 Å². The van der Waals surface area contributed by atoms with E-state index in [1.807, 2.05) is 140 Å². The number of amides is 1. The number of nitrogens with one attached hydrogen (secondary N) is 1. The van der Waals surface area contributed by atoms with Crippen LogP contribution in [-0.2, 0) is 20.7 Å². The van der Waals surface area contributed by atoms with Gasteiger partial charge in [0.05, 0.1) is 12.3 Å². The van der Waals surface area contributed by atoms with Gasteiger partial charge in [-0.1, -0.05) is 62.4 Å². The number of unbranched alkanes of at least 4 members (excludes halogenated alkanes) is 1. The highest BCUT2D eigenvalue weighted by molar-refractivity contribution is 5.88. The van der Waals surface area contributed by atoms with Crippen LogP contribution in [0.5, 0.6) is 23.1 Å². The predicted octanol–water partition coefficient (Wildman–Crippen LogP) is 8.97. The Morgan fingerprint density at radius 3 is 2.17 bits per heavy atom. The van der Waals surface area contributed by atoms with E-state index in [2.05, 4.69) is 5.32 Å². The second kappa shape index (κ2) is 16.1. The van der Waals surface area contributed by atoms with Gasteiger partial charge in [-0.2, -0.15) is 0 Å². The summed E-state index contributed by atoms with van der Waals surface area (Å²) in [5, 5.41) is 3.00. The van der Waals surface area contributed by atoms with E-state index >= 15 is 0 Å². The van der Waals surface area contributed by atoms with Crippen molar-refractivity contribution in [2.45, 2.75) is 98.3 Å². The number of hydrogen-bond donors (Lipinski definition) is 1. The number of nitrogens with zero attached hydrogens (tertiary/aromatic N) is 1. The van der Waals surface area contributed by atoms with Crippen LogP contribution in [0.25, 0.3) is 22.4 Å². The number of pyridine rings is 1. The maximum atomic E-state index is 13.6.